The van der Waals surface area contributed by atoms with Crippen LogP contribution in [0, 0.1) is 0 Å². The van der Waals surface area contributed by atoms with Crippen molar-refractivity contribution >= 4 is 23.4 Å². The summed E-state index contributed by atoms with van der Waals surface area (Å²) in [5, 5.41) is 0. The van der Waals surface area contributed by atoms with Crippen LogP contribution in [0.1, 0.15) is 39.0 Å². The first-order valence-corrected chi connectivity index (χ1v) is 12.8. The molecule has 0 unspecified atom stereocenters. The third-order valence-corrected chi connectivity index (χ3v) is 6.53. The van der Waals surface area contributed by atoms with Crippen molar-refractivity contribution in [3.05, 3.63) is 166 Å². The van der Waals surface area contributed by atoms with E-state index in [-0.39, 0.29) is 18.0 Å². The number of rotatable bonds is 8. The molecule has 5 rings (SSSR count). The summed E-state index contributed by atoms with van der Waals surface area (Å²) in [6.45, 7) is 0.281. The molecule has 186 valence electrons. The van der Waals surface area contributed by atoms with Gasteiger partial charge >= 0.3 is 5.97 Å². The second-order valence-corrected chi connectivity index (χ2v) is 9.09. The van der Waals surface area contributed by atoms with Crippen molar-refractivity contribution in [1.29, 1.82) is 0 Å². The van der Waals surface area contributed by atoms with Crippen LogP contribution >= 0.6 is 0 Å². The predicted molar refractivity (Wildman–Crippen MR) is 153 cm³/mol. The number of Topliss-reactive ketones (excluding diaryl/α,β-unsaturated/α-hetero) is 1. The number of hydrogen-bond acceptors (Lipinski definition) is 3. The number of fused-ring (bicyclic) bond motifs is 1. The van der Waals surface area contributed by atoms with E-state index in [4.69, 9.17) is 4.74 Å². The molecule has 0 aromatic heterocycles. The maximum Gasteiger partial charge on any atom is 0.338 e. The van der Waals surface area contributed by atoms with Crippen molar-refractivity contribution in [2.45, 2.75) is 12.8 Å². The number of esters is 1. The van der Waals surface area contributed by atoms with Gasteiger partial charge < -0.3 is 4.74 Å². The summed E-state index contributed by atoms with van der Waals surface area (Å²) in [4.78, 5) is 26.8. The lowest BCUT2D eigenvalue weighted by molar-refractivity contribution is -0.138. The van der Waals surface area contributed by atoms with Crippen LogP contribution in [0.15, 0.2) is 139 Å². The van der Waals surface area contributed by atoms with E-state index in [2.05, 4.69) is 12.1 Å². The molecule has 0 spiro atoms. The van der Waals surface area contributed by atoms with E-state index >= 15 is 0 Å². The molecule has 0 amide bonds. The summed E-state index contributed by atoms with van der Waals surface area (Å²) in [7, 11) is 0. The molecular formula is C35H28O3. The number of benzene rings is 4. The summed E-state index contributed by atoms with van der Waals surface area (Å²) in [5.74, 6) is -0.669. The Morgan fingerprint density at radius 1 is 0.711 bits per heavy atom. The predicted octanol–water partition coefficient (Wildman–Crippen LogP) is 7.50. The number of ketones is 1. The number of aryl methyl sites for hydroxylation is 1. The van der Waals surface area contributed by atoms with Crippen molar-refractivity contribution < 1.29 is 14.3 Å². The summed E-state index contributed by atoms with van der Waals surface area (Å²) in [5.41, 5.74) is 6.12. The van der Waals surface area contributed by atoms with E-state index in [1.54, 1.807) is 18.2 Å². The largest absolute Gasteiger partial charge is 0.462 e. The highest BCUT2D eigenvalue weighted by Gasteiger charge is 2.28. The molecular weight excluding hydrogens is 468 g/mol. The lowest BCUT2D eigenvalue weighted by Gasteiger charge is -2.18. The first-order chi connectivity index (χ1) is 18.7. The standard InChI is InChI=1S/C35H28O3/c36-34-31-21-11-10-20-29(31)25-33(35(37)38-24-12-15-26-13-4-1-5-14-26)32(34)23-22-30(27-16-6-2-7-17-27)28-18-8-3-9-19-28/h1-11,13-14,16-23,25H,12,15,24H2/b32-23-. The van der Waals surface area contributed by atoms with Crippen LogP contribution in [0.5, 0.6) is 0 Å². The minimum Gasteiger partial charge on any atom is -0.462 e. The van der Waals surface area contributed by atoms with Gasteiger partial charge in [-0.2, -0.15) is 0 Å². The Bertz CT molecular complexity index is 1470. The maximum atomic E-state index is 13.6. The molecule has 38 heavy (non-hydrogen) atoms. The van der Waals surface area contributed by atoms with Gasteiger partial charge in [0.05, 0.1) is 12.2 Å². The summed E-state index contributed by atoms with van der Waals surface area (Å²) in [6.07, 6.45) is 6.96. The molecule has 0 bridgehead atoms. The van der Waals surface area contributed by atoms with Gasteiger partial charge in [0.1, 0.15) is 0 Å². The van der Waals surface area contributed by atoms with E-state index in [1.165, 1.54) is 5.56 Å². The van der Waals surface area contributed by atoms with E-state index in [1.807, 2.05) is 103 Å². The molecule has 3 nitrogen and oxygen atoms in total. The smallest absolute Gasteiger partial charge is 0.338 e. The zero-order chi connectivity index (χ0) is 26.2. The quantitative estimate of drug-likeness (QED) is 0.144. The molecule has 0 fully saturated rings. The number of allylic oxidation sites excluding steroid dienone is 2. The zero-order valence-corrected chi connectivity index (χ0v) is 21.0. The molecule has 0 heterocycles. The average molecular weight is 497 g/mol. The van der Waals surface area contributed by atoms with E-state index in [0.717, 1.165) is 28.7 Å². The Morgan fingerprint density at radius 2 is 1.29 bits per heavy atom. The van der Waals surface area contributed by atoms with Gasteiger partial charge in [0, 0.05) is 11.1 Å². The molecule has 4 aromatic carbocycles. The first-order valence-electron chi connectivity index (χ1n) is 12.8. The van der Waals surface area contributed by atoms with Crippen molar-refractivity contribution in [2.75, 3.05) is 6.61 Å². The lowest BCUT2D eigenvalue weighted by atomic mass is 9.86. The van der Waals surface area contributed by atoms with E-state index in [9.17, 15) is 9.59 Å². The Labute approximate surface area is 223 Å². The van der Waals surface area contributed by atoms with Crippen molar-refractivity contribution in [2.24, 2.45) is 0 Å². The third kappa shape index (κ3) is 5.79. The Morgan fingerprint density at radius 3 is 1.95 bits per heavy atom. The highest BCUT2D eigenvalue weighted by atomic mass is 16.5. The normalized spacial score (nSPS) is 13.4. The molecule has 0 saturated heterocycles. The van der Waals surface area contributed by atoms with Gasteiger partial charge in [-0.25, -0.2) is 4.79 Å². The fraction of sp³-hybridized carbons (Fsp3) is 0.0857. The number of carbonyl (C=O) groups excluding carboxylic acids is 2. The van der Waals surface area contributed by atoms with Gasteiger partial charge in [-0.15, -0.1) is 0 Å². The van der Waals surface area contributed by atoms with Gasteiger partial charge in [-0.1, -0.05) is 121 Å². The van der Waals surface area contributed by atoms with Crippen LogP contribution in [0.3, 0.4) is 0 Å². The molecule has 0 atom stereocenters. The van der Waals surface area contributed by atoms with E-state index < -0.39 is 5.97 Å². The van der Waals surface area contributed by atoms with E-state index in [0.29, 0.717) is 17.6 Å². The Kier molecular flexibility index (Phi) is 7.86. The number of carbonyl (C=O) groups is 2. The highest BCUT2D eigenvalue weighted by molar-refractivity contribution is 6.23. The molecule has 0 saturated carbocycles. The second kappa shape index (κ2) is 12.0. The molecule has 0 radical (unpaired) electrons. The number of ether oxygens (including phenoxy) is 1. The average Bonchev–Trinajstić information content (AvgIpc) is 2.98. The fourth-order valence-corrected chi connectivity index (χ4v) is 4.59. The monoisotopic (exact) mass is 496 g/mol. The maximum absolute atomic E-state index is 13.6. The van der Waals surface area contributed by atoms with Crippen LogP contribution in [-0.2, 0) is 16.0 Å². The SMILES string of the molecule is O=C(OCCCc1ccccc1)C1=Cc2ccccc2C(=O)/C1=C\C=C(c1ccccc1)c1ccccc1. The van der Waals surface area contributed by atoms with Crippen LogP contribution in [0.25, 0.3) is 11.6 Å². The Hall–Kier alpha value is -4.76. The molecule has 3 heteroatoms. The third-order valence-electron chi connectivity index (χ3n) is 6.53. The molecule has 1 aliphatic rings. The van der Waals surface area contributed by atoms with Crippen molar-refractivity contribution in [3.63, 3.8) is 0 Å². The lowest BCUT2D eigenvalue weighted by Crippen LogP contribution is -2.20. The van der Waals surface area contributed by atoms with Crippen LogP contribution in [0.2, 0.25) is 0 Å². The summed E-state index contributed by atoms with van der Waals surface area (Å²) < 4.78 is 5.65. The molecule has 4 aromatic rings. The van der Waals surface area contributed by atoms with Crippen molar-refractivity contribution in [3.8, 4) is 0 Å². The van der Waals surface area contributed by atoms with Crippen molar-refractivity contribution in [1.82, 2.24) is 0 Å². The van der Waals surface area contributed by atoms with Crippen LogP contribution in [0.4, 0.5) is 0 Å². The van der Waals surface area contributed by atoms with Gasteiger partial charge in [-0.3, -0.25) is 4.79 Å². The second-order valence-electron chi connectivity index (χ2n) is 9.09. The summed E-state index contributed by atoms with van der Waals surface area (Å²) in [6, 6.07) is 37.5. The van der Waals surface area contributed by atoms with Gasteiger partial charge in [0.25, 0.3) is 0 Å². The molecule has 0 aliphatic heterocycles. The van der Waals surface area contributed by atoms with Gasteiger partial charge in [-0.05, 0) is 52.8 Å². The number of hydrogen-bond donors (Lipinski definition) is 0. The first kappa shape index (κ1) is 24.9. The zero-order valence-electron chi connectivity index (χ0n) is 21.0. The molecule has 1 aliphatic carbocycles. The van der Waals surface area contributed by atoms with Gasteiger partial charge in [0.2, 0.25) is 0 Å². The Balaban J connectivity index is 1.46. The minimum absolute atomic E-state index is 0.184. The minimum atomic E-state index is -0.485. The molecule has 0 N–H and O–H groups in total. The van der Waals surface area contributed by atoms with Crippen LogP contribution < -0.4 is 0 Å². The summed E-state index contributed by atoms with van der Waals surface area (Å²) >= 11 is 0. The fourth-order valence-electron chi connectivity index (χ4n) is 4.59. The highest BCUT2D eigenvalue weighted by Crippen LogP contribution is 2.31. The van der Waals surface area contributed by atoms with Crippen LogP contribution in [-0.4, -0.2) is 18.4 Å². The topological polar surface area (TPSA) is 43.4 Å². The van der Waals surface area contributed by atoms with Gasteiger partial charge in [0.15, 0.2) is 5.78 Å².